The summed E-state index contributed by atoms with van der Waals surface area (Å²) in [7, 11) is 0. The summed E-state index contributed by atoms with van der Waals surface area (Å²) in [5.41, 5.74) is -0.459. The molecule has 0 bridgehead atoms. The van der Waals surface area contributed by atoms with Crippen molar-refractivity contribution in [2.45, 2.75) is 31.7 Å². The van der Waals surface area contributed by atoms with E-state index in [0.717, 1.165) is 25.8 Å². The summed E-state index contributed by atoms with van der Waals surface area (Å²) >= 11 is 0. The molecule has 1 saturated heterocycles. The van der Waals surface area contributed by atoms with Crippen LogP contribution in [-0.4, -0.2) is 33.2 Å². The van der Waals surface area contributed by atoms with Crippen LogP contribution in [0.5, 0.6) is 0 Å². The van der Waals surface area contributed by atoms with Crippen molar-refractivity contribution >= 4 is 11.9 Å². The van der Waals surface area contributed by atoms with Gasteiger partial charge in [0, 0.05) is 0 Å². The summed E-state index contributed by atoms with van der Waals surface area (Å²) in [4.78, 5) is 16.0. The maximum atomic E-state index is 12.1. The number of nitrogens with one attached hydrogen (secondary N) is 2. The Hall–Kier alpha value is -1.56. The number of anilines is 1. The molecule has 0 spiro atoms. The van der Waals surface area contributed by atoms with Gasteiger partial charge in [-0.2, -0.15) is 5.10 Å². The first-order chi connectivity index (χ1) is 7.77. The van der Waals surface area contributed by atoms with Crippen molar-refractivity contribution in [2.75, 3.05) is 11.9 Å². The number of nitrogens with zero attached hydrogens (tertiary/aromatic N) is 3. The highest BCUT2D eigenvalue weighted by Crippen LogP contribution is 2.23. The third-order valence-electron chi connectivity index (χ3n) is 2.99. The molecule has 2 rings (SSSR count). The van der Waals surface area contributed by atoms with Gasteiger partial charge < -0.3 is 5.32 Å². The predicted molar refractivity (Wildman–Crippen MR) is 58.7 cm³/mol. The molecule has 0 radical (unpaired) electrons. The Morgan fingerprint density at radius 1 is 1.62 bits per heavy atom. The average molecular weight is 221 g/mol. The van der Waals surface area contributed by atoms with E-state index < -0.39 is 5.54 Å². The maximum Gasteiger partial charge on any atom is 0.249 e. The van der Waals surface area contributed by atoms with Gasteiger partial charge in [0.05, 0.1) is 17.9 Å². The fourth-order valence-corrected chi connectivity index (χ4v) is 1.99. The number of carbonyl (C=O) groups is 1. The van der Waals surface area contributed by atoms with Gasteiger partial charge in [0.25, 0.3) is 0 Å². The van der Waals surface area contributed by atoms with Crippen molar-refractivity contribution < 1.29 is 4.79 Å². The summed E-state index contributed by atoms with van der Waals surface area (Å²) < 4.78 is 0. The molecule has 16 heavy (non-hydrogen) atoms. The normalized spacial score (nSPS) is 24.3. The van der Waals surface area contributed by atoms with Crippen molar-refractivity contribution in [1.29, 1.82) is 0 Å². The van der Waals surface area contributed by atoms with Crippen LogP contribution in [0.15, 0.2) is 12.4 Å². The molecule has 0 saturated carbocycles. The lowest BCUT2D eigenvalue weighted by Crippen LogP contribution is -2.50. The smallest absolute Gasteiger partial charge is 0.249 e. The Kier molecular flexibility index (Phi) is 3.09. The topological polar surface area (TPSA) is 79.8 Å². The Morgan fingerprint density at radius 2 is 2.50 bits per heavy atom. The fourth-order valence-electron chi connectivity index (χ4n) is 1.99. The van der Waals surface area contributed by atoms with Gasteiger partial charge in [-0.25, -0.2) is 4.98 Å². The maximum absolute atomic E-state index is 12.1. The first kappa shape index (κ1) is 10.9. The Labute approximate surface area is 93.9 Å². The molecule has 1 aliphatic heterocycles. The van der Waals surface area contributed by atoms with E-state index in [1.54, 1.807) is 0 Å². The van der Waals surface area contributed by atoms with E-state index in [9.17, 15) is 4.79 Å². The Balaban J connectivity index is 2.07. The molecule has 2 N–H and O–H groups in total. The zero-order valence-corrected chi connectivity index (χ0v) is 9.23. The minimum absolute atomic E-state index is 0.0690. The second kappa shape index (κ2) is 4.52. The Bertz CT molecular complexity index is 361. The minimum Gasteiger partial charge on any atom is -0.303 e. The first-order valence-electron chi connectivity index (χ1n) is 5.47. The molecule has 1 fully saturated rings. The van der Waals surface area contributed by atoms with Crippen LogP contribution >= 0.6 is 0 Å². The molecule has 1 unspecified atom stereocenters. The van der Waals surface area contributed by atoms with E-state index in [-0.39, 0.29) is 11.9 Å². The van der Waals surface area contributed by atoms with Gasteiger partial charge in [-0.15, -0.1) is 5.10 Å². The van der Waals surface area contributed by atoms with Crippen molar-refractivity contribution in [3.63, 3.8) is 0 Å². The van der Waals surface area contributed by atoms with E-state index in [2.05, 4.69) is 25.8 Å². The van der Waals surface area contributed by atoms with Crippen LogP contribution in [0.3, 0.4) is 0 Å². The molecule has 0 aromatic carbocycles. The number of hydrogen-bond donors (Lipinski definition) is 2. The Morgan fingerprint density at radius 3 is 3.06 bits per heavy atom. The molecule has 1 aliphatic rings. The highest BCUT2D eigenvalue weighted by Gasteiger charge is 2.39. The van der Waals surface area contributed by atoms with E-state index in [1.165, 1.54) is 12.4 Å². The van der Waals surface area contributed by atoms with Gasteiger partial charge in [-0.1, -0.05) is 6.92 Å². The molecule has 0 aliphatic carbocycles. The standard InChI is InChI=1S/C10H15N5O/c1-2-10(4-3-5-12-10)8(16)14-9-11-6-7-13-15-9/h6-7,12H,2-5H2,1H3,(H,11,14,15,16). The van der Waals surface area contributed by atoms with Crippen LogP contribution in [0.2, 0.25) is 0 Å². The number of carbonyl (C=O) groups excluding carboxylic acids is 1. The van der Waals surface area contributed by atoms with E-state index >= 15 is 0 Å². The number of amides is 1. The van der Waals surface area contributed by atoms with E-state index in [1.807, 2.05) is 6.92 Å². The third-order valence-corrected chi connectivity index (χ3v) is 2.99. The molecule has 1 aromatic heterocycles. The second-order valence-electron chi connectivity index (χ2n) is 3.89. The van der Waals surface area contributed by atoms with Gasteiger partial charge in [-0.3, -0.25) is 10.1 Å². The van der Waals surface area contributed by atoms with Crippen LogP contribution in [0.4, 0.5) is 5.95 Å². The number of hydrogen-bond acceptors (Lipinski definition) is 5. The van der Waals surface area contributed by atoms with Crippen LogP contribution in [0, 0.1) is 0 Å². The second-order valence-corrected chi connectivity index (χ2v) is 3.89. The lowest BCUT2D eigenvalue weighted by molar-refractivity contribution is -0.122. The molecular formula is C10H15N5O. The molecule has 6 heteroatoms. The van der Waals surface area contributed by atoms with Crippen LogP contribution in [0.1, 0.15) is 26.2 Å². The fraction of sp³-hybridized carbons (Fsp3) is 0.600. The molecule has 1 amide bonds. The van der Waals surface area contributed by atoms with Crippen LogP contribution in [0.25, 0.3) is 0 Å². The number of rotatable bonds is 3. The van der Waals surface area contributed by atoms with Gasteiger partial charge in [0.1, 0.15) is 0 Å². The third kappa shape index (κ3) is 2.01. The van der Waals surface area contributed by atoms with Crippen molar-refractivity contribution in [3.05, 3.63) is 12.4 Å². The van der Waals surface area contributed by atoms with E-state index in [4.69, 9.17) is 0 Å². The summed E-state index contributed by atoms with van der Waals surface area (Å²) in [6.07, 6.45) is 5.62. The van der Waals surface area contributed by atoms with Gasteiger partial charge in [0.2, 0.25) is 11.9 Å². The molecule has 6 nitrogen and oxygen atoms in total. The summed E-state index contributed by atoms with van der Waals surface area (Å²) in [5.74, 6) is 0.189. The summed E-state index contributed by atoms with van der Waals surface area (Å²) in [5, 5.41) is 13.3. The first-order valence-corrected chi connectivity index (χ1v) is 5.47. The van der Waals surface area contributed by atoms with Crippen LogP contribution in [-0.2, 0) is 4.79 Å². The molecule has 1 atom stereocenters. The van der Waals surface area contributed by atoms with E-state index in [0.29, 0.717) is 0 Å². The van der Waals surface area contributed by atoms with Gasteiger partial charge in [0.15, 0.2) is 0 Å². The largest absolute Gasteiger partial charge is 0.303 e. The zero-order valence-electron chi connectivity index (χ0n) is 9.23. The van der Waals surface area contributed by atoms with Crippen molar-refractivity contribution in [2.24, 2.45) is 0 Å². The molecular weight excluding hydrogens is 206 g/mol. The van der Waals surface area contributed by atoms with Crippen molar-refractivity contribution in [1.82, 2.24) is 20.5 Å². The quantitative estimate of drug-likeness (QED) is 0.769. The molecule has 86 valence electrons. The average Bonchev–Trinajstić information content (AvgIpc) is 2.80. The van der Waals surface area contributed by atoms with Crippen molar-refractivity contribution in [3.8, 4) is 0 Å². The van der Waals surface area contributed by atoms with Gasteiger partial charge >= 0.3 is 0 Å². The molecule has 1 aromatic rings. The molecule has 2 heterocycles. The summed E-state index contributed by atoms with van der Waals surface area (Å²) in [6.45, 7) is 2.89. The van der Waals surface area contributed by atoms with Gasteiger partial charge in [-0.05, 0) is 25.8 Å². The number of aromatic nitrogens is 3. The SMILES string of the molecule is CCC1(C(=O)Nc2nccnn2)CCCN1. The lowest BCUT2D eigenvalue weighted by Gasteiger charge is -2.25. The van der Waals surface area contributed by atoms with Crippen LogP contribution < -0.4 is 10.6 Å². The summed E-state index contributed by atoms with van der Waals surface area (Å²) in [6, 6.07) is 0. The highest BCUT2D eigenvalue weighted by atomic mass is 16.2. The zero-order chi connectivity index (χ0) is 11.4. The predicted octanol–water partition coefficient (Wildman–Crippen LogP) is 0.342. The highest BCUT2D eigenvalue weighted by molar-refractivity contribution is 5.97. The minimum atomic E-state index is -0.459. The lowest BCUT2D eigenvalue weighted by atomic mass is 9.93. The monoisotopic (exact) mass is 221 g/mol.